The minimum Gasteiger partial charge on any atom is -0.308 e. The molecule has 0 radical (unpaired) electrons. The Bertz CT molecular complexity index is 627. The number of benzene rings is 1. The van der Waals surface area contributed by atoms with Crippen molar-refractivity contribution < 1.29 is 0 Å². The first-order valence-corrected chi connectivity index (χ1v) is 7.70. The summed E-state index contributed by atoms with van der Waals surface area (Å²) in [7, 11) is 0. The lowest BCUT2D eigenvalue weighted by Gasteiger charge is -2.13. The van der Waals surface area contributed by atoms with E-state index in [4.69, 9.17) is 10.8 Å². The van der Waals surface area contributed by atoms with Crippen molar-refractivity contribution in [2.24, 2.45) is 5.84 Å². The fraction of sp³-hybridized carbons (Fsp3) is 0.333. The average molecular weight is 333 g/mol. The van der Waals surface area contributed by atoms with Gasteiger partial charge in [-0.3, -0.25) is 0 Å². The molecule has 20 heavy (non-hydrogen) atoms. The van der Waals surface area contributed by atoms with E-state index in [1.807, 2.05) is 24.3 Å². The topological polar surface area (TPSA) is 63.8 Å². The number of nitrogens with one attached hydrogen (secondary N) is 1. The fourth-order valence-electron chi connectivity index (χ4n) is 2.65. The van der Waals surface area contributed by atoms with Gasteiger partial charge in [0, 0.05) is 21.3 Å². The predicted molar refractivity (Wildman–Crippen MR) is 84.2 cm³/mol. The number of halogens is 1. The zero-order chi connectivity index (χ0) is 13.9. The molecule has 1 aliphatic carbocycles. The van der Waals surface area contributed by atoms with Gasteiger partial charge in [-0.1, -0.05) is 40.5 Å². The number of anilines is 1. The summed E-state index contributed by atoms with van der Waals surface area (Å²) >= 11 is 3.56. The highest BCUT2D eigenvalue weighted by atomic mass is 79.9. The molecule has 3 N–H and O–H groups in total. The molecular formula is C15H17BrN4. The molecule has 0 spiro atoms. The Morgan fingerprint density at radius 3 is 2.65 bits per heavy atom. The van der Waals surface area contributed by atoms with Crippen LogP contribution in [0.2, 0.25) is 0 Å². The molecule has 0 saturated carbocycles. The summed E-state index contributed by atoms with van der Waals surface area (Å²) in [5.74, 6) is 7.15. The molecule has 104 valence electrons. The largest absolute Gasteiger partial charge is 0.308 e. The van der Waals surface area contributed by atoms with Crippen molar-refractivity contribution in [1.29, 1.82) is 0 Å². The van der Waals surface area contributed by atoms with E-state index in [0.717, 1.165) is 40.2 Å². The first kappa shape index (κ1) is 13.5. The lowest BCUT2D eigenvalue weighted by molar-refractivity contribution is 0.709. The maximum Gasteiger partial charge on any atom is 0.162 e. The molecule has 5 heteroatoms. The van der Waals surface area contributed by atoms with E-state index >= 15 is 0 Å². The smallest absolute Gasteiger partial charge is 0.162 e. The molecular weight excluding hydrogens is 316 g/mol. The molecule has 1 aliphatic rings. The van der Waals surface area contributed by atoms with Crippen LogP contribution >= 0.6 is 15.9 Å². The molecule has 0 atom stereocenters. The summed E-state index contributed by atoms with van der Waals surface area (Å²) in [4.78, 5) is 9.38. The highest BCUT2D eigenvalue weighted by molar-refractivity contribution is 9.10. The number of nitrogen functional groups attached to an aromatic ring is 1. The SMILES string of the molecule is NNc1nc(-c2ccccc2Br)nc2c1CCCCC2. The van der Waals surface area contributed by atoms with Crippen LogP contribution in [0.1, 0.15) is 30.5 Å². The zero-order valence-electron chi connectivity index (χ0n) is 11.2. The minimum absolute atomic E-state index is 0.728. The van der Waals surface area contributed by atoms with Crippen molar-refractivity contribution in [3.8, 4) is 11.4 Å². The normalized spacial score (nSPS) is 14.5. The molecule has 1 heterocycles. The van der Waals surface area contributed by atoms with Crippen LogP contribution in [0, 0.1) is 0 Å². The van der Waals surface area contributed by atoms with E-state index in [9.17, 15) is 0 Å². The van der Waals surface area contributed by atoms with Crippen molar-refractivity contribution in [3.05, 3.63) is 40.0 Å². The van der Waals surface area contributed by atoms with Crippen molar-refractivity contribution in [3.63, 3.8) is 0 Å². The molecule has 0 fully saturated rings. The van der Waals surface area contributed by atoms with E-state index in [0.29, 0.717) is 0 Å². The third kappa shape index (κ3) is 2.55. The summed E-state index contributed by atoms with van der Waals surface area (Å²) in [5.41, 5.74) is 6.06. The van der Waals surface area contributed by atoms with Gasteiger partial charge in [0.2, 0.25) is 0 Å². The van der Waals surface area contributed by atoms with Gasteiger partial charge in [-0.25, -0.2) is 15.8 Å². The van der Waals surface area contributed by atoms with Crippen LogP contribution in [0.15, 0.2) is 28.7 Å². The average Bonchev–Trinajstić information content (AvgIpc) is 2.72. The van der Waals surface area contributed by atoms with Crippen LogP contribution in [0.4, 0.5) is 5.82 Å². The molecule has 4 nitrogen and oxygen atoms in total. The molecule has 0 saturated heterocycles. The van der Waals surface area contributed by atoms with E-state index in [1.54, 1.807) is 0 Å². The second kappa shape index (κ2) is 5.89. The Labute approximate surface area is 126 Å². The van der Waals surface area contributed by atoms with Gasteiger partial charge in [0.1, 0.15) is 5.82 Å². The fourth-order valence-corrected chi connectivity index (χ4v) is 3.12. The summed E-state index contributed by atoms with van der Waals surface area (Å²) < 4.78 is 0.997. The Balaban J connectivity index is 2.14. The first-order chi connectivity index (χ1) is 9.79. The highest BCUT2D eigenvalue weighted by Crippen LogP contribution is 2.30. The number of rotatable bonds is 2. The van der Waals surface area contributed by atoms with Crippen molar-refractivity contribution in [2.75, 3.05) is 5.43 Å². The van der Waals surface area contributed by atoms with Crippen LogP contribution in [0.3, 0.4) is 0 Å². The summed E-state index contributed by atoms with van der Waals surface area (Å²) in [6.45, 7) is 0. The lowest BCUT2D eigenvalue weighted by Crippen LogP contribution is -2.14. The van der Waals surface area contributed by atoms with Gasteiger partial charge in [0.15, 0.2) is 5.82 Å². The Kier molecular flexibility index (Phi) is 3.98. The van der Waals surface area contributed by atoms with Gasteiger partial charge in [-0.2, -0.15) is 0 Å². The molecule has 0 bridgehead atoms. The molecule has 0 amide bonds. The van der Waals surface area contributed by atoms with Crippen LogP contribution in [-0.2, 0) is 12.8 Å². The molecule has 0 aliphatic heterocycles. The zero-order valence-corrected chi connectivity index (χ0v) is 12.8. The molecule has 1 aromatic heterocycles. The number of hydrogen-bond donors (Lipinski definition) is 2. The van der Waals surface area contributed by atoms with E-state index < -0.39 is 0 Å². The summed E-state index contributed by atoms with van der Waals surface area (Å²) in [5, 5.41) is 0. The highest BCUT2D eigenvalue weighted by Gasteiger charge is 2.17. The summed E-state index contributed by atoms with van der Waals surface area (Å²) in [6.07, 6.45) is 5.61. The predicted octanol–water partition coefficient (Wildman–Crippen LogP) is 3.46. The number of aryl methyl sites for hydroxylation is 1. The van der Waals surface area contributed by atoms with Gasteiger partial charge < -0.3 is 5.43 Å². The number of aromatic nitrogens is 2. The van der Waals surface area contributed by atoms with E-state index in [2.05, 4.69) is 26.3 Å². The number of nitrogens with zero attached hydrogens (tertiary/aromatic N) is 2. The van der Waals surface area contributed by atoms with Crippen molar-refractivity contribution >= 4 is 21.7 Å². The van der Waals surface area contributed by atoms with Crippen LogP contribution in [-0.4, -0.2) is 9.97 Å². The van der Waals surface area contributed by atoms with Gasteiger partial charge >= 0.3 is 0 Å². The Hall–Kier alpha value is -1.46. The number of fused-ring (bicyclic) bond motifs is 1. The third-order valence-corrected chi connectivity index (χ3v) is 4.38. The maximum absolute atomic E-state index is 5.66. The standard InChI is InChI=1S/C15H17BrN4/c16-12-8-5-4-6-10(12)14-18-13-9-3-1-2-7-11(13)15(19-14)20-17/h4-6,8H,1-3,7,9,17H2,(H,18,19,20). The third-order valence-electron chi connectivity index (χ3n) is 3.68. The van der Waals surface area contributed by atoms with Crippen LogP contribution in [0.5, 0.6) is 0 Å². The van der Waals surface area contributed by atoms with E-state index in [-0.39, 0.29) is 0 Å². The second-order valence-electron chi connectivity index (χ2n) is 5.01. The first-order valence-electron chi connectivity index (χ1n) is 6.91. The van der Waals surface area contributed by atoms with Crippen LogP contribution in [0.25, 0.3) is 11.4 Å². The van der Waals surface area contributed by atoms with Gasteiger partial charge in [-0.05, 0) is 31.7 Å². The monoisotopic (exact) mass is 332 g/mol. The minimum atomic E-state index is 0.728. The van der Waals surface area contributed by atoms with Gasteiger partial charge in [0.05, 0.1) is 0 Å². The van der Waals surface area contributed by atoms with Gasteiger partial charge in [0.25, 0.3) is 0 Å². The quantitative estimate of drug-likeness (QED) is 0.502. The molecule has 3 rings (SSSR count). The van der Waals surface area contributed by atoms with Crippen molar-refractivity contribution in [2.45, 2.75) is 32.1 Å². The number of hydrazine groups is 1. The molecule has 0 unspecified atom stereocenters. The van der Waals surface area contributed by atoms with E-state index in [1.165, 1.54) is 24.8 Å². The lowest BCUT2D eigenvalue weighted by atomic mass is 10.1. The maximum atomic E-state index is 5.66. The summed E-state index contributed by atoms with van der Waals surface area (Å²) in [6, 6.07) is 7.99. The Morgan fingerprint density at radius 1 is 1.05 bits per heavy atom. The number of nitrogens with two attached hydrogens (primary N) is 1. The Morgan fingerprint density at radius 2 is 1.85 bits per heavy atom. The molecule has 1 aromatic carbocycles. The van der Waals surface area contributed by atoms with Gasteiger partial charge in [-0.15, -0.1) is 0 Å². The second-order valence-corrected chi connectivity index (χ2v) is 5.86. The number of hydrogen-bond acceptors (Lipinski definition) is 4. The molecule has 2 aromatic rings. The van der Waals surface area contributed by atoms with Crippen molar-refractivity contribution in [1.82, 2.24) is 9.97 Å². The van der Waals surface area contributed by atoms with Crippen LogP contribution < -0.4 is 11.3 Å².